The molecule has 0 bridgehead atoms. The number of anilines is 1. The molecule has 0 spiro atoms. The summed E-state index contributed by atoms with van der Waals surface area (Å²) in [5, 5.41) is 5.29. The Kier molecular flexibility index (Phi) is 8.42. The van der Waals surface area contributed by atoms with Crippen molar-refractivity contribution >= 4 is 47.3 Å². The molecule has 0 unspecified atom stereocenters. The number of aromatic amines is 1. The van der Waals surface area contributed by atoms with Crippen LogP contribution in [0.15, 0.2) is 29.1 Å². The Balaban J connectivity index is 0.00000342. The molecule has 1 atom stereocenters. The lowest BCUT2D eigenvalue weighted by molar-refractivity contribution is -0.139. The van der Waals surface area contributed by atoms with Crippen LogP contribution in [0, 0.1) is 0 Å². The number of carbonyl (C=O) groups excluding carboxylic acids is 2. The number of aromatic nitrogens is 3. The Hall–Kier alpha value is -3.08. The van der Waals surface area contributed by atoms with E-state index in [1.807, 2.05) is 23.1 Å². The third kappa shape index (κ3) is 5.29. The van der Waals surface area contributed by atoms with Crippen LogP contribution in [0.4, 0.5) is 5.82 Å². The van der Waals surface area contributed by atoms with Crippen molar-refractivity contribution in [2.24, 2.45) is 5.73 Å². The number of hydrogen-bond acceptors (Lipinski definition) is 8. The van der Waals surface area contributed by atoms with Gasteiger partial charge in [-0.15, -0.1) is 17.5 Å². The number of carbonyl (C=O) groups is 2. The number of fused-ring (bicyclic) bond motifs is 1. The highest BCUT2D eigenvalue weighted by Gasteiger charge is 2.29. The summed E-state index contributed by atoms with van der Waals surface area (Å²) < 4.78 is 11.0. The van der Waals surface area contributed by atoms with E-state index in [4.69, 9.17) is 31.9 Å². The van der Waals surface area contributed by atoms with E-state index in [9.17, 15) is 14.4 Å². The van der Waals surface area contributed by atoms with Crippen molar-refractivity contribution in [3.63, 3.8) is 0 Å². The van der Waals surface area contributed by atoms with Gasteiger partial charge in [-0.2, -0.15) is 0 Å². The first kappa shape index (κ1) is 26.5. The van der Waals surface area contributed by atoms with Crippen LogP contribution in [0.2, 0.25) is 5.02 Å². The number of nitrogens with two attached hydrogens (primary N) is 1. The standard InChI is InChI=1S/C23H26ClN5O5.ClH/c1-33-18(30)11-17-19(23(32)34-2)26-22(31)20-15(10-13-6-3-4-8-16(13)24)21(27-29(17)20)28-9-5-7-14(25)12-28;/h3-4,6,8,14H,5,7,9-12,25H2,1-2H3,(H,26,31);1H/t14-;/m1./s1. The molecule has 12 heteroatoms. The fourth-order valence-corrected chi connectivity index (χ4v) is 4.52. The Morgan fingerprint density at radius 1 is 1.26 bits per heavy atom. The lowest BCUT2D eigenvalue weighted by atomic mass is 10.0. The molecule has 0 aliphatic carbocycles. The number of piperidine rings is 1. The fourth-order valence-electron chi connectivity index (χ4n) is 4.31. The zero-order valence-corrected chi connectivity index (χ0v) is 20.9. The van der Waals surface area contributed by atoms with Crippen LogP contribution in [0.25, 0.3) is 5.52 Å². The number of H-pyrrole nitrogens is 1. The first-order chi connectivity index (χ1) is 16.3. The lowest BCUT2D eigenvalue weighted by Gasteiger charge is -2.31. The topological polar surface area (TPSA) is 132 Å². The van der Waals surface area contributed by atoms with Crippen molar-refractivity contribution in [1.82, 2.24) is 14.6 Å². The van der Waals surface area contributed by atoms with Crippen LogP contribution >= 0.6 is 24.0 Å². The van der Waals surface area contributed by atoms with Gasteiger partial charge in [0.25, 0.3) is 5.56 Å². The number of benzene rings is 1. The minimum Gasteiger partial charge on any atom is -0.469 e. The Morgan fingerprint density at radius 2 is 2.00 bits per heavy atom. The molecular formula is C23H27Cl2N5O5. The fraction of sp³-hybridized carbons (Fsp3) is 0.391. The largest absolute Gasteiger partial charge is 0.469 e. The van der Waals surface area contributed by atoms with Crippen molar-refractivity contribution in [1.29, 1.82) is 0 Å². The van der Waals surface area contributed by atoms with Crippen molar-refractivity contribution in [3.8, 4) is 0 Å². The molecule has 35 heavy (non-hydrogen) atoms. The molecule has 10 nitrogen and oxygen atoms in total. The first-order valence-corrected chi connectivity index (χ1v) is 11.3. The molecule has 0 amide bonds. The molecule has 1 saturated heterocycles. The zero-order valence-electron chi connectivity index (χ0n) is 19.4. The summed E-state index contributed by atoms with van der Waals surface area (Å²) in [7, 11) is 2.44. The van der Waals surface area contributed by atoms with Crippen molar-refractivity contribution in [2.45, 2.75) is 31.7 Å². The Labute approximate surface area is 212 Å². The molecule has 1 aromatic carbocycles. The zero-order chi connectivity index (χ0) is 24.4. The van der Waals surface area contributed by atoms with Crippen LogP contribution < -0.4 is 16.2 Å². The number of methoxy groups -OCH3 is 2. The van der Waals surface area contributed by atoms with E-state index in [0.29, 0.717) is 35.9 Å². The number of nitrogens with one attached hydrogen (secondary N) is 1. The minimum absolute atomic E-state index is 0. The maximum absolute atomic E-state index is 13.3. The summed E-state index contributed by atoms with van der Waals surface area (Å²) in [6.45, 7) is 1.27. The van der Waals surface area contributed by atoms with Crippen LogP contribution in [0.3, 0.4) is 0 Å². The van der Waals surface area contributed by atoms with Gasteiger partial charge in [0.2, 0.25) is 0 Å². The number of halogens is 2. The molecule has 3 heterocycles. The molecule has 3 N–H and O–H groups in total. The average Bonchev–Trinajstić information content (AvgIpc) is 3.21. The predicted molar refractivity (Wildman–Crippen MR) is 134 cm³/mol. The second kappa shape index (κ2) is 11.1. The van der Waals surface area contributed by atoms with E-state index >= 15 is 0 Å². The monoisotopic (exact) mass is 523 g/mol. The molecule has 188 valence electrons. The van der Waals surface area contributed by atoms with Gasteiger partial charge >= 0.3 is 11.9 Å². The van der Waals surface area contributed by atoms with Crippen LogP contribution in [-0.2, 0) is 27.1 Å². The van der Waals surface area contributed by atoms with Gasteiger partial charge in [-0.25, -0.2) is 9.31 Å². The summed E-state index contributed by atoms with van der Waals surface area (Å²) in [6, 6.07) is 7.32. The number of ether oxygens (including phenoxy) is 2. The van der Waals surface area contributed by atoms with Gasteiger partial charge in [0.1, 0.15) is 11.2 Å². The number of esters is 2. The summed E-state index contributed by atoms with van der Waals surface area (Å²) >= 11 is 6.43. The summed E-state index contributed by atoms with van der Waals surface area (Å²) in [5.41, 5.74) is 7.37. The lowest BCUT2D eigenvalue weighted by Crippen LogP contribution is -2.43. The van der Waals surface area contributed by atoms with Crippen molar-refractivity contribution < 1.29 is 19.1 Å². The van der Waals surface area contributed by atoms with E-state index in [2.05, 4.69) is 4.98 Å². The van der Waals surface area contributed by atoms with E-state index in [-0.39, 0.29) is 41.8 Å². The normalized spacial score (nSPS) is 15.5. The molecule has 3 aromatic rings. The third-order valence-electron chi connectivity index (χ3n) is 5.97. The minimum atomic E-state index is -0.789. The van der Waals surface area contributed by atoms with E-state index in [1.165, 1.54) is 18.7 Å². The third-order valence-corrected chi connectivity index (χ3v) is 6.34. The molecule has 1 fully saturated rings. The second-order valence-corrected chi connectivity index (χ2v) is 8.61. The van der Waals surface area contributed by atoms with Gasteiger partial charge in [-0.3, -0.25) is 9.59 Å². The molecular weight excluding hydrogens is 497 g/mol. The van der Waals surface area contributed by atoms with Gasteiger partial charge < -0.3 is 25.1 Å². The SMILES string of the molecule is COC(=O)Cc1c(C(=O)OC)[nH]c(=O)c2c(Cc3ccccc3Cl)c(N3CCC[C@@H](N)C3)nn12.Cl. The molecule has 1 aliphatic heterocycles. The van der Waals surface area contributed by atoms with E-state index in [1.54, 1.807) is 6.07 Å². The maximum Gasteiger partial charge on any atom is 0.356 e. The Bertz CT molecular complexity index is 1310. The van der Waals surface area contributed by atoms with Crippen molar-refractivity contribution in [3.05, 3.63) is 62.2 Å². The molecule has 0 radical (unpaired) electrons. The number of nitrogens with zero attached hydrogens (tertiary/aromatic N) is 3. The average molecular weight is 524 g/mol. The molecule has 0 saturated carbocycles. The van der Waals surface area contributed by atoms with Crippen LogP contribution in [0.5, 0.6) is 0 Å². The van der Waals surface area contributed by atoms with Crippen LogP contribution in [0.1, 0.15) is 40.2 Å². The first-order valence-electron chi connectivity index (χ1n) is 10.9. The summed E-state index contributed by atoms with van der Waals surface area (Å²) in [4.78, 5) is 42.5. The smallest absolute Gasteiger partial charge is 0.356 e. The quantitative estimate of drug-likeness (QED) is 0.469. The highest BCUT2D eigenvalue weighted by atomic mass is 35.5. The molecule has 2 aromatic heterocycles. The highest BCUT2D eigenvalue weighted by molar-refractivity contribution is 6.31. The maximum atomic E-state index is 13.3. The second-order valence-electron chi connectivity index (χ2n) is 8.20. The van der Waals surface area contributed by atoms with Crippen molar-refractivity contribution in [2.75, 3.05) is 32.2 Å². The molecule has 1 aliphatic rings. The number of hydrogen-bond donors (Lipinski definition) is 2. The highest BCUT2D eigenvalue weighted by Crippen LogP contribution is 2.30. The van der Waals surface area contributed by atoms with Gasteiger partial charge in [0, 0.05) is 36.1 Å². The predicted octanol–water partition coefficient (Wildman–Crippen LogP) is 2.12. The van der Waals surface area contributed by atoms with Crippen LogP contribution in [-0.4, -0.2) is 59.9 Å². The van der Waals surface area contributed by atoms with Gasteiger partial charge in [0.15, 0.2) is 5.82 Å². The summed E-state index contributed by atoms with van der Waals surface area (Å²) in [5.74, 6) is -0.820. The summed E-state index contributed by atoms with van der Waals surface area (Å²) in [6.07, 6.45) is 1.80. The van der Waals surface area contributed by atoms with Gasteiger partial charge in [-0.05, 0) is 24.5 Å². The van der Waals surface area contributed by atoms with Gasteiger partial charge in [0.05, 0.1) is 26.3 Å². The van der Waals surface area contributed by atoms with E-state index < -0.39 is 17.5 Å². The molecule has 4 rings (SSSR count). The van der Waals surface area contributed by atoms with E-state index in [0.717, 1.165) is 18.4 Å². The number of rotatable bonds is 6. The van der Waals surface area contributed by atoms with Gasteiger partial charge in [-0.1, -0.05) is 29.8 Å². The Morgan fingerprint density at radius 3 is 2.66 bits per heavy atom.